The molecule has 0 saturated carbocycles. The lowest BCUT2D eigenvalue weighted by molar-refractivity contribution is -0.137. The molecule has 3 N–H and O–H groups in total. The maximum absolute atomic E-state index is 10.1. The molecule has 5 heteroatoms. The summed E-state index contributed by atoms with van der Waals surface area (Å²) in [5.41, 5.74) is 5.47. The molecule has 0 aromatic carbocycles. The van der Waals surface area contributed by atoms with Gasteiger partial charge < -0.3 is 10.8 Å². The van der Waals surface area contributed by atoms with Crippen LogP contribution in [-0.2, 0) is 4.79 Å². The first-order valence-electron chi connectivity index (χ1n) is 3.13. The largest absolute Gasteiger partial charge is 0.481 e. The number of carbonyl (C=O) groups is 1. The molecule has 0 aliphatic heterocycles. The summed E-state index contributed by atoms with van der Waals surface area (Å²) in [6.07, 6.45) is 2.85. The molecule has 0 aliphatic carbocycles. The van der Waals surface area contributed by atoms with Crippen LogP contribution in [0.3, 0.4) is 0 Å². The summed E-state index contributed by atoms with van der Waals surface area (Å²) in [7, 11) is 0. The van der Waals surface area contributed by atoms with Gasteiger partial charge in [-0.1, -0.05) is 0 Å². The van der Waals surface area contributed by atoms with Gasteiger partial charge in [0.1, 0.15) is 0 Å². The minimum absolute atomic E-state index is 0. The molecule has 0 saturated heterocycles. The van der Waals surface area contributed by atoms with E-state index in [-0.39, 0.29) is 24.9 Å². The van der Waals surface area contributed by atoms with E-state index in [9.17, 15) is 4.79 Å². The molecule has 0 fully saturated rings. The van der Waals surface area contributed by atoms with Crippen molar-refractivity contribution in [3.63, 3.8) is 0 Å². The van der Waals surface area contributed by atoms with Gasteiger partial charge in [-0.2, -0.15) is 11.8 Å². The summed E-state index contributed by atoms with van der Waals surface area (Å²) in [6, 6.07) is -0.176. The van der Waals surface area contributed by atoms with Gasteiger partial charge in [0, 0.05) is 6.04 Å². The number of hydrogen-bond donors (Lipinski definition) is 2. The van der Waals surface area contributed by atoms with E-state index >= 15 is 0 Å². The second-order valence-electron chi connectivity index (χ2n) is 2.14. The van der Waals surface area contributed by atoms with E-state index in [4.69, 9.17) is 10.8 Å². The number of thioether (sulfide) groups is 1. The van der Waals surface area contributed by atoms with Gasteiger partial charge in [0.05, 0.1) is 6.42 Å². The standard InChI is InChI=1S/C6H13NO2S.ClH/c1-10-3-2-5(7)4-6(8)9;/h5H,2-4,7H2,1H3,(H,8,9);1H/t5-;/m0./s1. The second kappa shape index (κ2) is 8.17. The van der Waals surface area contributed by atoms with Crippen LogP contribution in [0.15, 0.2) is 0 Å². The molecule has 0 bridgehead atoms. The van der Waals surface area contributed by atoms with E-state index in [0.29, 0.717) is 0 Å². The molecule has 0 radical (unpaired) electrons. The molecular formula is C6H14ClNO2S. The molecular weight excluding hydrogens is 186 g/mol. The molecule has 0 amide bonds. The SMILES string of the molecule is CSCC[C@H](N)CC(=O)O.Cl. The third-order valence-corrected chi connectivity index (χ3v) is 1.77. The Morgan fingerprint density at radius 2 is 2.27 bits per heavy atom. The number of rotatable bonds is 5. The molecule has 1 atom stereocenters. The predicted octanol–water partition coefficient (Wildman–Crippen LogP) is 0.963. The Hall–Kier alpha value is 0.0700. The zero-order chi connectivity index (χ0) is 7.98. The average molecular weight is 200 g/mol. The fourth-order valence-corrected chi connectivity index (χ4v) is 1.13. The van der Waals surface area contributed by atoms with Crippen molar-refractivity contribution in [2.75, 3.05) is 12.0 Å². The van der Waals surface area contributed by atoms with Gasteiger partial charge in [-0.05, 0) is 18.4 Å². The smallest absolute Gasteiger partial charge is 0.304 e. The Morgan fingerprint density at radius 1 is 1.73 bits per heavy atom. The van der Waals surface area contributed by atoms with E-state index in [1.54, 1.807) is 11.8 Å². The van der Waals surface area contributed by atoms with Gasteiger partial charge in [-0.3, -0.25) is 4.79 Å². The molecule has 0 aromatic heterocycles. The van der Waals surface area contributed by atoms with Crippen molar-refractivity contribution in [1.29, 1.82) is 0 Å². The lowest BCUT2D eigenvalue weighted by Crippen LogP contribution is -2.24. The monoisotopic (exact) mass is 199 g/mol. The number of halogens is 1. The molecule has 0 heterocycles. The van der Waals surface area contributed by atoms with Crippen LogP contribution in [0.5, 0.6) is 0 Å². The summed E-state index contributed by atoms with van der Waals surface area (Å²) in [4.78, 5) is 10.1. The quantitative estimate of drug-likeness (QED) is 0.693. The van der Waals surface area contributed by atoms with Crippen molar-refractivity contribution in [2.45, 2.75) is 18.9 Å². The number of aliphatic carboxylic acids is 1. The van der Waals surface area contributed by atoms with Crippen LogP contribution in [0.1, 0.15) is 12.8 Å². The van der Waals surface area contributed by atoms with Crippen molar-refractivity contribution in [2.24, 2.45) is 5.73 Å². The van der Waals surface area contributed by atoms with E-state index in [1.807, 2.05) is 6.26 Å². The highest BCUT2D eigenvalue weighted by atomic mass is 35.5. The zero-order valence-corrected chi connectivity index (χ0v) is 8.08. The van der Waals surface area contributed by atoms with Crippen molar-refractivity contribution in [3.05, 3.63) is 0 Å². The van der Waals surface area contributed by atoms with Gasteiger partial charge in [-0.15, -0.1) is 12.4 Å². The van der Waals surface area contributed by atoms with Gasteiger partial charge in [0.25, 0.3) is 0 Å². The van der Waals surface area contributed by atoms with Crippen LogP contribution in [0.4, 0.5) is 0 Å². The van der Waals surface area contributed by atoms with Crippen molar-refractivity contribution in [1.82, 2.24) is 0 Å². The zero-order valence-electron chi connectivity index (χ0n) is 6.45. The van der Waals surface area contributed by atoms with Gasteiger partial charge in [-0.25, -0.2) is 0 Å². The molecule has 0 spiro atoms. The van der Waals surface area contributed by atoms with E-state index < -0.39 is 5.97 Å². The molecule has 0 aromatic rings. The minimum Gasteiger partial charge on any atom is -0.481 e. The molecule has 3 nitrogen and oxygen atoms in total. The Balaban J connectivity index is 0. The van der Waals surface area contributed by atoms with Crippen molar-refractivity contribution in [3.8, 4) is 0 Å². The first-order valence-corrected chi connectivity index (χ1v) is 4.52. The summed E-state index contributed by atoms with van der Waals surface area (Å²) < 4.78 is 0. The Kier molecular flexibility index (Phi) is 10.1. The first-order chi connectivity index (χ1) is 4.66. The highest BCUT2D eigenvalue weighted by molar-refractivity contribution is 7.98. The summed E-state index contributed by atoms with van der Waals surface area (Å²) in [5.74, 6) is 0.127. The second-order valence-corrected chi connectivity index (χ2v) is 3.13. The number of hydrogen-bond acceptors (Lipinski definition) is 3. The topological polar surface area (TPSA) is 63.3 Å². The third-order valence-electron chi connectivity index (χ3n) is 1.13. The third kappa shape index (κ3) is 10.1. The molecule has 11 heavy (non-hydrogen) atoms. The Labute approximate surface area is 77.1 Å². The Bertz CT molecular complexity index is 113. The van der Waals surface area contributed by atoms with E-state index in [1.165, 1.54) is 0 Å². The summed E-state index contributed by atoms with van der Waals surface area (Å²) >= 11 is 1.68. The molecule has 0 aliphatic rings. The summed E-state index contributed by atoms with van der Waals surface area (Å²) in [6.45, 7) is 0. The maximum Gasteiger partial charge on any atom is 0.304 e. The lowest BCUT2D eigenvalue weighted by Gasteiger charge is -2.05. The average Bonchev–Trinajstić information content (AvgIpc) is 1.82. The first kappa shape index (κ1) is 13.6. The van der Waals surface area contributed by atoms with Gasteiger partial charge in [0.2, 0.25) is 0 Å². The van der Waals surface area contributed by atoms with E-state index in [0.717, 1.165) is 12.2 Å². The van der Waals surface area contributed by atoms with Crippen LogP contribution in [-0.4, -0.2) is 29.1 Å². The fraction of sp³-hybridized carbons (Fsp3) is 0.833. The molecule has 0 rings (SSSR count). The number of carboxylic acids is 1. The minimum atomic E-state index is -0.811. The van der Waals surface area contributed by atoms with Crippen molar-refractivity contribution >= 4 is 30.1 Å². The lowest BCUT2D eigenvalue weighted by atomic mass is 10.2. The van der Waals surface area contributed by atoms with Crippen LogP contribution >= 0.6 is 24.2 Å². The van der Waals surface area contributed by atoms with Crippen LogP contribution in [0, 0.1) is 0 Å². The highest BCUT2D eigenvalue weighted by Crippen LogP contribution is 2.01. The van der Waals surface area contributed by atoms with Crippen LogP contribution in [0.2, 0.25) is 0 Å². The summed E-state index contributed by atoms with van der Waals surface area (Å²) in [5, 5.41) is 8.30. The number of nitrogens with two attached hydrogens (primary N) is 1. The van der Waals surface area contributed by atoms with Gasteiger partial charge >= 0.3 is 5.97 Å². The van der Waals surface area contributed by atoms with Crippen LogP contribution in [0.25, 0.3) is 0 Å². The Morgan fingerprint density at radius 3 is 2.64 bits per heavy atom. The molecule has 0 unspecified atom stereocenters. The predicted molar refractivity (Wildman–Crippen MR) is 50.5 cm³/mol. The maximum atomic E-state index is 10.1. The fourth-order valence-electron chi connectivity index (χ4n) is 0.596. The van der Waals surface area contributed by atoms with Crippen molar-refractivity contribution < 1.29 is 9.90 Å². The molecule has 68 valence electrons. The number of carboxylic acid groups (broad SMARTS) is 1. The highest BCUT2D eigenvalue weighted by Gasteiger charge is 2.06. The van der Waals surface area contributed by atoms with E-state index in [2.05, 4.69) is 0 Å². The normalized spacial score (nSPS) is 11.8. The van der Waals surface area contributed by atoms with Crippen LogP contribution < -0.4 is 5.73 Å². The van der Waals surface area contributed by atoms with Gasteiger partial charge in [0.15, 0.2) is 0 Å².